The number of hydrogen-bond donors (Lipinski definition) is 0. The van der Waals surface area contributed by atoms with E-state index in [1.54, 1.807) is 16.7 Å². The molecule has 3 aromatic heterocycles. The van der Waals surface area contributed by atoms with Crippen LogP contribution < -0.4 is 5.56 Å². The standard InChI is InChI=1S/C16H9ClN4OS/c17-15-18-8-6-11(20-15)14-13(10-4-2-1-3-5-10)21-12(22)7-9-19-16(21)23-14/h1-9H. The third kappa shape index (κ3) is 2.42. The van der Waals surface area contributed by atoms with Crippen LogP contribution in [0, 0.1) is 0 Å². The van der Waals surface area contributed by atoms with Gasteiger partial charge in [0, 0.05) is 24.0 Å². The number of rotatable bonds is 2. The van der Waals surface area contributed by atoms with Gasteiger partial charge in [-0.3, -0.25) is 9.20 Å². The summed E-state index contributed by atoms with van der Waals surface area (Å²) in [4.78, 5) is 26.3. The van der Waals surface area contributed by atoms with E-state index in [9.17, 15) is 4.79 Å². The Kier molecular flexibility index (Phi) is 3.40. The molecule has 0 aliphatic carbocycles. The van der Waals surface area contributed by atoms with Gasteiger partial charge in [0.15, 0.2) is 4.96 Å². The molecule has 0 saturated heterocycles. The number of thiazole rings is 1. The van der Waals surface area contributed by atoms with Gasteiger partial charge < -0.3 is 0 Å². The summed E-state index contributed by atoms with van der Waals surface area (Å²) in [6.07, 6.45) is 3.11. The molecule has 0 saturated carbocycles. The Bertz CT molecular complexity index is 1060. The van der Waals surface area contributed by atoms with Crippen LogP contribution in [0.3, 0.4) is 0 Å². The molecular formula is C16H9ClN4OS. The Labute approximate surface area is 139 Å². The average Bonchev–Trinajstić information content (AvgIpc) is 2.97. The molecule has 0 spiro atoms. The van der Waals surface area contributed by atoms with Gasteiger partial charge in [-0.2, -0.15) is 0 Å². The van der Waals surface area contributed by atoms with Gasteiger partial charge in [0.25, 0.3) is 5.56 Å². The molecule has 0 fully saturated rings. The zero-order valence-electron chi connectivity index (χ0n) is 11.7. The molecule has 0 unspecified atom stereocenters. The molecule has 4 aromatic rings. The van der Waals surface area contributed by atoms with Gasteiger partial charge in [-0.25, -0.2) is 15.0 Å². The second kappa shape index (κ2) is 5.57. The average molecular weight is 341 g/mol. The second-order valence-corrected chi connectivity index (χ2v) is 6.07. The molecule has 0 radical (unpaired) electrons. The Hall–Kier alpha value is -2.57. The Balaban J connectivity index is 2.13. The first-order valence-electron chi connectivity index (χ1n) is 6.79. The fourth-order valence-corrected chi connectivity index (χ4v) is 3.64. The van der Waals surface area contributed by atoms with Crippen LogP contribution in [0.2, 0.25) is 5.28 Å². The summed E-state index contributed by atoms with van der Waals surface area (Å²) in [5.74, 6) is 0. The van der Waals surface area contributed by atoms with Gasteiger partial charge >= 0.3 is 0 Å². The minimum Gasteiger partial charge on any atom is -0.269 e. The summed E-state index contributed by atoms with van der Waals surface area (Å²) in [5.41, 5.74) is 2.22. The van der Waals surface area contributed by atoms with Crippen LogP contribution >= 0.6 is 22.9 Å². The molecular weight excluding hydrogens is 332 g/mol. The van der Waals surface area contributed by atoms with E-state index >= 15 is 0 Å². The SMILES string of the molecule is O=c1ccnc2sc(-c3ccnc(Cl)n3)c(-c3ccccc3)n12. The molecule has 0 bridgehead atoms. The molecule has 7 heteroatoms. The third-order valence-corrected chi connectivity index (χ3v) is 4.61. The molecule has 0 N–H and O–H groups in total. The largest absolute Gasteiger partial charge is 0.269 e. The van der Waals surface area contributed by atoms with Crippen molar-refractivity contribution in [1.29, 1.82) is 0 Å². The second-order valence-electron chi connectivity index (χ2n) is 4.76. The lowest BCUT2D eigenvalue weighted by Gasteiger charge is -2.05. The van der Waals surface area contributed by atoms with Crippen LogP contribution in [-0.4, -0.2) is 19.4 Å². The maximum absolute atomic E-state index is 12.4. The molecule has 23 heavy (non-hydrogen) atoms. The summed E-state index contributed by atoms with van der Waals surface area (Å²) >= 11 is 7.32. The van der Waals surface area contributed by atoms with E-state index in [-0.39, 0.29) is 10.8 Å². The van der Waals surface area contributed by atoms with Crippen LogP contribution in [0.25, 0.3) is 26.8 Å². The van der Waals surface area contributed by atoms with E-state index in [0.29, 0.717) is 10.7 Å². The summed E-state index contributed by atoms with van der Waals surface area (Å²) in [7, 11) is 0. The predicted octanol–water partition coefficient (Wildman–Crippen LogP) is 3.53. The summed E-state index contributed by atoms with van der Waals surface area (Å²) in [6.45, 7) is 0. The molecule has 112 valence electrons. The molecule has 5 nitrogen and oxygen atoms in total. The molecule has 1 aromatic carbocycles. The van der Waals surface area contributed by atoms with Crippen molar-refractivity contribution in [2.24, 2.45) is 0 Å². The highest BCUT2D eigenvalue weighted by atomic mass is 35.5. The predicted molar refractivity (Wildman–Crippen MR) is 90.8 cm³/mol. The summed E-state index contributed by atoms with van der Waals surface area (Å²) in [6, 6.07) is 12.9. The summed E-state index contributed by atoms with van der Waals surface area (Å²) in [5, 5.41) is 0.166. The van der Waals surface area contributed by atoms with Gasteiger partial charge in [0.2, 0.25) is 5.28 Å². The smallest absolute Gasteiger partial charge is 0.258 e. The van der Waals surface area contributed by atoms with Gasteiger partial charge in [0.1, 0.15) is 0 Å². The Morgan fingerprint density at radius 1 is 1.00 bits per heavy atom. The first-order chi connectivity index (χ1) is 11.2. The number of fused-ring (bicyclic) bond motifs is 1. The zero-order valence-corrected chi connectivity index (χ0v) is 13.3. The maximum Gasteiger partial charge on any atom is 0.258 e. The zero-order chi connectivity index (χ0) is 15.8. The Morgan fingerprint density at radius 3 is 2.57 bits per heavy atom. The van der Waals surface area contributed by atoms with Gasteiger partial charge in [-0.1, -0.05) is 41.7 Å². The fraction of sp³-hybridized carbons (Fsp3) is 0. The van der Waals surface area contributed by atoms with Crippen LogP contribution in [-0.2, 0) is 0 Å². The van der Waals surface area contributed by atoms with E-state index in [2.05, 4.69) is 15.0 Å². The van der Waals surface area contributed by atoms with Crippen LogP contribution in [0.4, 0.5) is 0 Å². The van der Waals surface area contributed by atoms with E-state index in [1.165, 1.54) is 23.6 Å². The first kappa shape index (κ1) is 14.0. The summed E-state index contributed by atoms with van der Waals surface area (Å²) < 4.78 is 1.60. The maximum atomic E-state index is 12.4. The quantitative estimate of drug-likeness (QED) is 0.524. The number of hydrogen-bond acceptors (Lipinski definition) is 5. The minimum atomic E-state index is -0.128. The van der Waals surface area contributed by atoms with Crippen LogP contribution in [0.15, 0.2) is 59.7 Å². The van der Waals surface area contributed by atoms with Gasteiger partial charge in [0.05, 0.1) is 16.3 Å². The van der Waals surface area contributed by atoms with Crippen molar-refractivity contribution in [3.8, 4) is 21.8 Å². The van der Waals surface area contributed by atoms with Crippen molar-refractivity contribution >= 4 is 27.9 Å². The minimum absolute atomic E-state index is 0.128. The van der Waals surface area contributed by atoms with Crippen molar-refractivity contribution in [2.45, 2.75) is 0 Å². The van der Waals surface area contributed by atoms with Gasteiger partial charge in [-0.05, 0) is 17.7 Å². The van der Waals surface area contributed by atoms with E-state index in [4.69, 9.17) is 11.6 Å². The van der Waals surface area contributed by atoms with Crippen molar-refractivity contribution in [1.82, 2.24) is 19.4 Å². The molecule has 0 aliphatic rings. The number of aromatic nitrogens is 4. The van der Waals surface area contributed by atoms with Crippen molar-refractivity contribution in [3.63, 3.8) is 0 Å². The Morgan fingerprint density at radius 2 is 1.78 bits per heavy atom. The van der Waals surface area contributed by atoms with Gasteiger partial charge in [-0.15, -0.1) is 0 Å². The van der Waals surface area contributed by atoms with E-state index < -0.39 is 0 Å². The van der Waals surface area contributed by atoms with Crippen LogP contribution in [0.1, 0.15) is 0 Å². The molecule has 0 aliphatic heterocycles. The molecule has 4 rings (SSSR count). The topological polar surface area (TPSA) is 60.2 Å². The molecule has 0 atom stereocenters. The first-order valence-corrected chi connectivity index (χ1v) is 7.98. The monoisotopic (exact) mass is 340 g/mol. The molecule has 0 amide bonds. The molecule has 3 heterocycles. The van der Waals surface area contributed by atoms with Crippen molar-refractivity contribution in [3.05, 3.63) is 70.5 Å². The van der Waals surface area contributed by atoms with Crippen molar-refractivity contribution in [2.75, 3.05) is 0 Å². The normalized spacial score (nSPS) is 11.0. The van der Waals surface area contributed by atoms with E-state index in [1.807, 2.05) is 30.3 Å². The lowest BCUT2D eigenvalue weighted by atomic mass is 10.1. The number of nitrogens with zero attached hydrogens (tertiary/aromatic N) is 4. The van der Waals surface area contributed by atoms with E-state index in [0.717, 1.165) is 16.1 Å². The van der Waals surface area contributed by atoms with Crippen molar-refractivity contribution < 1.29 is 0 Å². The third-order valence-electron chi connectivity index (χ3n) is 3.35. The number of benzene rings is 1. The lowest BCUT2D eigenvalue weighted by Crippen LogP contribution is -2.12. The highest BCUT2D eigenvalue weighted by molar-refractivity contribution is 7.20. The highest BCUT2D eigenvalue weighted by Crippen LogP contribution is 2.37. The lowest BCUT2D eigenvalue weighted by molar-refractivity contribution is 1.08. The highest BCUT2D eigenvalue weighted by Gasteiger charge is 2.18. The number of halogens is 1. The van der Waals surface area contributed by atoms with Crippen LogP contribution in [0.5, 0.6) is 0 Å². The fourth-order valence-electron chi connectivity index (χ4n) is 2.40.